The lowest BCUT2D eigenvalue weighted by atomic mass is 10.0. The molecule has 9 heteroatoms. The van der Waals surface area contributed by atoms with E-state index in [4.69, 9.17) is 0 Å². The smallest absolute Gasteiger partial charge is 0.00454 e. The monoisotopic (exact) mass is 498 g/mol. The van der Waals surface area contributed by atoms with E-state index >= 15 is 0 Å². The zero-order chi connectivity index (χ0) is 17.0. The van der Waals surface area contributed by atoms with Crippen LogP contribution in [-0.4, -0.2) is 11.5 Å². The van der Waals surface area contributed by atoms with E-state index in [1.807, 2.05) is 90.4 Å². The fraction of sp³-hybridized carbons (Fsp3) is 1.00. The van der Waals surface area contributed by atoms with Crippen molar-refractivity contribution in [1.82, 2.24) is 0 Å². The highest BCUT2D eigenvalue weighted by molar-refractivity contribution is 9.51. The Hall–Kier alpha value is 3.15. The highest BCUT2D eigenvalue weighted by Crippen LogP contribution is 2.58. The maximum absolute atomic E-state index is 2.03. The summed E-state index contributed by atoms with van der Waals surface area (Å²) in [6.07, 6.45) is 18.8. The molecule has 1 fully saturated rings. The van der Waals surface area contributed by atoms with Crippen LogP contribution in [0.4, 0.5) is 0 Å². The van der Waals surface area contributed by atoms with E-state index in [1.165, 1.54) is 95.0 Å². The second-order valence-electron chi connectivity index (χ2n) is 5.72. The molecule has 0 amide bonds. The van der Waals surface area contributed by atoms with E-state index in [-0.39, 0.29) is 0 Å². The van der Waals surface area contributed by atoms with Gasteiger partial charge >= 0.3 is 0 Å². The Morgan fingerprint density at radius 2 is 0.500 bits per heavy atom. The van der Waals surface area contributed by atoms with Crippen molar-refractivity contribution in [1.29, 1.82) is 0 Å². The summed E-state index contributed by atoms with van der Waals surface area (Å²) in [6.45, 7) is 0. The Balaban J connectivity index is 2.00. The quantitative estimate of drug-likeness (QED) is 0.296. The van der Waals surface area contributed by atoms with Crippen molar-refractivity contribution in [3.05, 3.63) is 0 Å². The molecule has 0 unspecified atom stereocenters. The molecule has 0 radical (unpaired) electrons. The molecule has 0 N–H and O–H groups in total. The van der Waals surface area contributed by atoms with Gasteiger partial charge in [0, 0.05) is 11.5 Å². The van der Waals surface area contributed by atoms with Crippen molar-refractivity contribution < 1.29 is 0 Å². The molecule has 1 heterocycles. The third-order valence-corrected chi connectivity index (χ3v) is 21.5. The van der Waals surface area contributed by atoms with Gasteiger partial charge in [0.1, 0.15) is 0 Å². The highest BCUT2D eigenvalue weighted by atomic mass is 34.0. The van der Waals surface area contributed by atoms with Crippen molar-refractivity contribution in [2.45, 2.75) is 83.5 Å². The molecule has 24 heavy (non-hydrogen) atoms. The van der Waals surface area contributed by atoms with Crippen LogP contribution in [0.2, 0.25) is 0 Å². The molecule has 1 saturated heterocycles. The summed E-state index contributed by atoms with van der Waals surface area (Å²) >= 11 is 0. The zero-order valence-corrected chi connectivity index (χ0v) is 21.6. The van der Waals surface area contributed by atoms with Crippen LogP contribution in [0.1, 0.15) is 83.5 Å². The minimum Gasteiger partial charge on any atom is -0.0817 e. The summed E-state index contributed by atoms with van der Waals surface area (Å²) in [5, 5.41) is 0. The molecule has 0 aromatic heterocycles. The van der Waals surface area contributed by atoms with Crippen LogP contribution >= 0.6 is 90.4 Å². The van der Waals surface area contributed by atoms with Crippen LogP contribution in [0.3, 0.4) is 0 Å². The summed E-state index contributed by atoms with van der Waals surface area (Å²) in [6, 6.07) is 0. The molecular weight excluding hydrogens is 469 g/mol. The van der Waals surface area contributed by atoms with E-state index in [0.29, 0.717) is 0 Å². The number of hydrogen-bond donors (Lipinski definition) is 0. The Labute approximate surface area is 183 Å². The van der Waals surface area contributed by atoms with E-state index in [9.17, 15) is 0 Å². The molecule has 0 aliphatic carbocycles. The van der Waals surface area contributed by atoms with E-state index in [1.54, 1.807) is 0 Å². The summed E-state index contributed by atoms with van der Waals surface area (Å²) in [4.78, 5) is 0. The second kappa shape index (κ2) is 22.4. The van der Waals surface area contributed by atoms with Crippen LogP contribution in [-0.2, 0) is 0 Å². The van der Waals surface area contributed by atoms with Crippen molar-refractivity contribution in [3.63, 3.8) is 0 Å². The average Bonchev–Trinajstić information content (AvgIpc) is 2.59. The molecule has 0 nitrogen and oxygen atoms in total. The normalized spacial score (nSPS) is 24.0. The lowest BCUT2D eigenvalue weighted by Crippen LogP contribution is -1.84. The molecule has 0 spiro atoms. The number of rotatable bonds is 0. The summed E-state index contributed by atoms with van der Waals surface area (Å²) in [7, 11) is 17.5. The van der Waals surface area contributed by atoms with Crippen LogP contribution in [0.5, 0.6) is 0 Å². The first-order valence-electron chi connectivity index (χ1n) is 8.91. The predicted octanol–water partition coefficient (Wildman–Crippen LogP) is 11.0. The van der Waals surface area contributed by atoms with Gasteiger partial charge in [0.25, 0.3) is 0 Å². The van der Waals surface area contributed by atoms with Crippen molar-refractivity contribution >= 4 is 90.4 Å². The third kappa shape index (κ3) is 19.9. The van der Waals surface area contributed by atoms with Gasteiger partial charge in [-0.1, -0.05) is 92.2 Å². The molecule has 0 saturated carbocycles. The zero-order valence-electron chi connectivity index (χ0n) is 14.3. The molecule has 0 atom stereocenters. The van der Waals surface area contributed by atoms with Gasteiger partial charge in [-0.25, -0.2) is 0 Å². The lowest BCUT2D eigenvalue weighted by Gasteiger charge is -2.04. The Morgan fingerprint density at radius 3 is 0.833 bits per heavy atom. The molecule has 0 bridgehead atoms. The Morgan fingerprint density at radius 1 is 0.250 bits per heavy atom. The Kier molecular flexibility index (Phi) is 23.5. The SMILES string of the molecule is C1CCCCCCCSSSSSSSSSCCCCCCC1. The average molecular weight is 499 g/mol. The van der Waals surface area contributed by atoms with Gasteiger partial charge in [0.15, 0.2) is 0 Å². The first-order chi connectivity index (χ1) is 12.0. The first-order valence-corrected chi connectivity index (χ1v) is 20.7. The predicted molar refractivity (Wildman–Crippen MR) is 138 cm³/mol. The molecule has 0 aromatic carbocycles. The second-order valence-corrected chi connectivity index (χ2v) is 20.8. The summed E-state index contributed by atoms with van der Waals surface area (Å²) in [5.41, 5.74) is 0. The topological polar surface area (TPSA) is 0 Å². The fourth-order valence-corrected chi connectivity index (χ4v) is 22.4. The van der Waals surface area contributed by atoms with Crippen molar-refractivity contribution in [2.75, 3.05) is 11.5 Å². The minimum atomic E-state index is 1.32. The van der Waals surface area contributed by atoms with Crippen LogP contribution in [0, 0.1) is 0 Å². The van der Waals surface area contributed by atoms with Gasteiger partial charge in [-0.05, 0) is 81.6 Å². The molecule has 144 valence electrons. The highest BCUT2D eigenvalue weighted by Gasteiger charge is 1.99. The van der Waals surface area contributed by atoms with Gasteiger partial charge in [0.2, 0.25) is 0 Å². The van der Waals surface area contributed by atoms with Gasteiger partial charge < -0.3 is 0 Å². The standard InChI is InChI=1S/C15H30S9/c1-2-4-6-8-10-12-14-16-18-20-22-24-23-21-19-17-15-13-11-9-7-5-3-1/h1-15H2. The summed E-state index contributed by atoms with van der Waals surface area (Å²) in [5.74, 6) is 2.63. The molecule has 1 aliphatic heterocycles. The first kappa shape index (κ1) is 25.2. The van der Waals surface area contributed by atoms with Crippen molar-refractivity contribution in [2.24, 2.45) is 0 Å². The largest absolute Gasteiger partial charge is 0.0817 e. The minimum absolute atomic E-state index is 1.32. The Bertz CT molecular complexity index is 133. The third-order valence-electron chi connectivity index (χ3n) is 3.72. The lowest BCUT2D eigenvalue weighted by molar-refractivity contribution is 0.543. The van der Waals surface area contributed by atoms with E-state index in [0.717, 1.165) is 0 Å². The maximum Gasteiger partial charge on any atom is 0.00454 e. The van der Waals surface area contributed by atoms with Gasteiger partial charge in [-0.3, -0.25) is 0 Å². The summed E-state index contributed by atoms with van der Waals surface area (Å²) < 4.78 is 0. The fourth-order valence-electron chi connectivity index (χ4n) is 2.43. The maximum atomic E-state index is 2.03. The molecule has 1 aliphatic rings. The van der Waals surface area contributed by atoms with E-state index < -0.39 is 0 Å². The molecule has 0 aromatic rings. The van der Waals surface area contributed by atoms with Gasteiger partial charge in [0.05, 0.1) is 0 Å². The van der Waals surface area contributed by atoms with Crippen LogP contribution in [0.25, 0.3) is 0 Å². The van der Waals surface area contributed by atoms with Gasteiger partial charge in [-0.2, -0.15) is 0 Å². The number of hydrogen-bond acceptors (Lipinski definition) is 9. The van der Waals surface area contributed by atoms with Crippen LogP contribution < -0.4 is 0 Å². The van der Waals surface area contributed by atoms with Crippen molar-refractivity contribution in [3.8, 4) is 0 Å². The molecular formula is C15H30S9. The van der Waals surface area contributed by atoms with Gasteiger partial charge in [-0.15, -0.1) is 0 Å². The van der Waals surface area contributed by atoms with E-state index in [2.05, 4.69) is 0 Å². The molecule has 1 rings (SSSR count). The van der Waals surface area contributed by atoms with Crippen LogP contribution in [0.15, 0.2) is 0 Å².